The molecule has 0 saturated carbocycles. The van der Waals surface area contributed by atoms with Gasteiger partial charge in [0.15, 0.2) is 17.0 Å². The van der Waals surface area contributed by atoms with Crippen LogP contribution in [-0.2, 0) is 0 Å². The molecular weight excluding hydrogens is 288 g/mol. The van der Waals surface area contributed by atoms with Gasteiger partial charge in [0.05, 0.1) is 0 Å². The van der Waals surface area contributed by atoms with Gasteiger partial charge in [-0.2, -0.15) is 0 Å². The third kappa shape index (κ3) is 3.32. The molecule has 0 saturated heterocycles. The number of nitrogens with one attached hydrogen (secondary N) is 1. The minimum atomic E-state index is 0.789. The lowest BCUT2D eigenvalue weighted by Crippen LogP contribution is -2.28. The molecule has 0 aliphatic rings. The molecule has 0 aliphatic heterocycles. The summed E-state index contributed by atoms with van der Waals surface area (Å²) < 4.78 is 1.98. The lowest BCUT2D eigenvalue weighted by Gasteiger charge is -2.18. The highest BCUT2D eigenvalue weighted by molar-refractivity contribution is 5.83. The lowest BCUT2D eigenvalue weighted by molar-refractivity contribution is 0.316. The smallest absolute Gasteiger partial charge is 0.170 e. The monoisotopic (exact) mass is 310 g/mol. The van der Waals surface area contributed by atoms with Crippen LogP contribution < -0.4 is 5.32 Å². The molecule has 3 rings (SSSR count). The zero-order chi connectivity index (χ0) is 16.1. The molecule has 1 N–H and O–H groups in total. The number of fused-ring (bicyclic) bond motifs is 1. The van der Waals surface area contributed by atoms with E-state index in [2.05, 4.69) is 39.0 Å². The molecule has 0 fully saturated rings. The predicted octanol–water partition coefficient (Wildman–Crippen LogP) is 2.57. The number of nitrogens with zero attached hydrogens (tertiary/aromatic N) is 5. The van der Waals surface area contributed by atoms with Crippen molar-refractivity contribution in [2.45, 2.75) is 13.8 Å². The molecule has 3 aromatic rings. The average molecular weight is 310 g/mol. The largest absolute Gasteiger partial charge is 0.367 e. The summed E-state index contributed by atoms with van der Waals surface area (Å²) in [5.74, 6) is 0.789. The van der Waals surface area contributed by atoms with E-state index < -0.39 is 0 Å². The number of likely N-dealkylation sites (N-methyl/N-ethyl adjacent to an activating group) is 1. The molecular formula is C17H22N6. The van der Waals surface area contributed by atoms with Crippen LogP contribution in [0, 0.1) is 0 Å². The zero-order valence-electron chi connectivity index (χ0n) is 13.6. The average Bonchev–Trinajstić information content (AvgIpc) is 3.04. The van der Waals surface area contributed by atoms with Crippen LogP contribution in [-0.4, -0.2) is 50.6 Å². The second-order valence-electron chi connectivity index (χ2n) is 5.30. The summed E-state index contributed by atoms with van der Waals surface area (Å²) in [6.45, 7) is 8.28. The van der Waals surface area contributed by atoms with Crippen molar-refractivity contribution in [2.75, 3.05) is 31.5 Å². The Morgan fingerprint density at radius 2 is 1.83 bits per heavy atom. The van der Waals surface area contributed by atoms with Crippen LogP contribution in [0.3, 0.4) is 0 Å². The third-order valence-electron chi connectivity index (χ3n) is 3.98. The van der Waals surface area contributed by atoms with E-state index in [-0.39, 0.29) is 0 Å². The molecule has 0 atom stereocenters. The van der Waals surface area contributed by atoms with Gasteiger partial charge in [0, 0.05) is 18.8 Å². The molecule has 6 heteroatoms. The van der Waals surface area contributed by atoms with Crippen molar-refractivity contribution in [3.05, 3.63) is 43.0 Å². The number of hydrogen-bond donors (Lipinski definition) is 1. The number of benzene rings is 1. The van der Waals surface area contributed by atoms with Gasteiger partial charge in [-0.25, -0.2) is 15.0 Å². The number of aromatic nitrogens is 4. The SMILES string of the molecule is CCN(CC)CCNc1ncnc2c1ncn2-c1ccccc1. The van der Waals surface area contributed by atoms with Crippen molar-refractivity contribution in [2.24, 2.45) is 0 Å². The van der Waals surface area contributed by atoms with Crippen LogP contribution in [0.4, 0.5) is 5.82 Å². The molecule has 0 bridgehead atoms. The van der Waals surface area contributed by atoms with Gasteiger partial charge >= 0.3 is 0 Å². The molecule has 0 unspecified atom stereocenters. The Hall–Kier alpha value is -2.47. The Bertz CT molecular complexity index is 748. The zero-order valence-corrected chi connectivity index (χ0v) is 13.6. The summed E-state index contributed by atoms with van der Waals surface area (Å²) in [5.41, 5.74) is 2.66. The molecule has 6 nitrogen and oxygen atoms in total. The first-order chi connectivity index (χ1) is 11.3. The molecule has 2 heterocycles. The Morgan fingerprint density at radius 1 is 1.04 bits per heavy atom. The number of para-hydroxylation sites is 1. The normalized spacial score (nSPS) is 11.3. The van der Waals surface area contributed by atoms with Gasteiger partial charge in [0.25, 0.3) is 0 Å². The second kappa shape index (κ2) is 7.19. The Balaban J connectivity index is 1.82. The van der Waals surface area contributed by atoms with E-state index in [4.69, 9.17) is 0 Å². The standard InChI is InChI=1S/C17H22N6/c1-3-22(4-2)11-10-18-16-15-17(20-12-19-16)23(13-21-15)14-8-6-5-7-9-14/h5-9,12-13H,3-4,10-11H2,1-2H3,(H,18,19,20). The molecule has 0 radical (unpaired) electrons. The maximum atomic E-state index is 4.49. The Kier molecular flexibility index (Phi) is 4.83. The molecule has 23 heavy (non-hydrogen) atoms. The highest BCUT2D eigenvalue weighted by Crippen LogP contribution is 2.20. The molecule has 120 valence electrons. The number of imidazole rings is 1. The van der Waals surface area contributed by atoms with E-state index in [9.17, 15) is 0 Å². The van der Waals surface area contributed by atoms with Gasteiger partial charge in [-0.3, -0.25) is 4.57 Å². The summed E-state index contributed by atoms with van der Waals surface area (Å²) in [6.07, 6.45) is 3.38. The predicted molar refractivity (Wildman–Crippen MR) is 92.9 cm³/mol. The first-order valence-electron chi connectivity index (χ1n) is 8.03. The molecule has 0 amide bonds. The van der Waals surface area contributed by atoms with Gasteiger partial charge < -0.3 is 10.2 Å². The Morgan fingerprint density at radius 3 is 2.57 bits per heavy atom. The van der Waals surface area contributed by atoms with Crippen molar-refractivity contribution in [3.8, 4) is 5.69 Å². The fourth-order valence-corrected chi connectivity index (χ4v) is 2.61. The van der Waals surface area contributed by atoms with E-state index in [0.29, 0.717) is 0 Å². The molecule has 2 aromatic heterocycles. The first kappa shape index (κ1) is 15.4. The number of anilines is 1. The van der Waals surface area contributed by atoms with Gasteiger partial charge in [0.1, 0.15) is 12.7 Å². The van der Waals surface area contributed by atoms with E-state index in [1.165, 1.54) is 0 Å². The van der Waals surface area contributed by atoms with Crippen molar-refractivity contribution in [1.82, 2.24) is 24.4 Å². The van der Waals surface area contributed by atoms with E-state index >= 15 is 0 Å². The van der Waals surface area contributed by atoms with Crippen LogP contribution in [0.2, 0.25) is 0 Å². The van der Waals surface area contributed by atoms with Crippen LogP contribution in [0.1, 0.15) is 13.8 Å². The van der Waals surface area contributed by atoms with Gasteiger partial charge in [0.2, 0.25) is 0 Å². The van der Waals surface area contributed by atoms with Crippen LogP contribution in [0.15, 0.2) is 43.0 Å². The fourth-order valence-electron chi connectivity index (χ4n) is 2.61. The maximum absolute atomic E-state index is 4.49. The Labute approximate surface area is 136 Å². The summed E-state index contributed by atoms with van der Waals surface area (Å²) in [6, 6.07) is 10.1. The van der Waals surface area contributed by atoms with Crippen molar-refractivity contribution in [3.63, 3.8) is 0 Å². The summed E-state index contributed by atoms with van der Waals surface area (Å²) >= 11 is 0. The maximum Gasteiger partial charge on any atom is 0.170 e. The topological polar surface area (TPSA) is 58.9 Å². The highest BCUT2D eigenvalue weighted by Gasteiger charge is 2.11. The van der Waals surface area contributed by atoms with Crippen molar-refractivity contribution >= 4 is 17.0 Å². The highest BCUT2D eigenvalue weighted by atomic mass is 15.2. The van der Waals surface area contributed by atoms with Gasteiger partial charge in [-0.05, 0) is 25.2 Å². The molecule has 1 aromatic carbocycles. The minimum absolute atomic E-state index is 0.789. The molecule has 0 aliphatic carbocycles. The second-order valence-corrected chi connectivity index (χ2v) is 5.30. The third-order valence-corrected chi connectivity index (χ3v) is 3.98. The van der Waals surface area contributed by atoms with E-state index in [1.807, 2.05) is 34.9 Å². The van der Waals surface area contributed by atoms with Crippen molar-refractivity contribution in [1.29, 1.82) is 0 Å². The van der Waals surface area contributed by atoms with Crippen molar-refractivity contribution < 1.29 is 0 Å². The first-order valence-corrected chi connectivity index (χ1v) is 8.03. The van der Waals surface area contributed by atoms with E-state index in [0.717, 1.165) is 48.8 Å². The van der Waals surface area contributed by atoms with Gasteiger partial charge in [-0.15, -0.1) is 0 Å². The molecule has 0 spiro atoms. The minimum Gasteiger partial charge on any atom is -0.367 e. The summed E-state index contributed by atoms with van der Waals surface area (Å²) in [5, 5.41) is 3.38. The van der Waals surface area contributed by atoms with E-state index in [1.54, 1.807) is 12.7 Å². The lowest BCUT2D eigenvalue weighted by atomic mass is 10.3. The van der Waals surface area contributed by atoms with Crippen LogP contribution >= 0.6 is 0 Å². The number of hydrogen-bond acceptors (Lipinski definition) is 5. The van der Waals surface area contributed by atoms with Crippen LogP contribution in [0.25, 0.3) is 16.9 Å². The quantitative estimate of drug-likeness (QED) is 0.727. The van der Waals surface area contributed by atoms with Crippen LogP contribution in [0.5, 0.6) is 0 Å². The van der Waals surface area contributed by atoms with Gasteiger partial charge in [-0.1, -0.05) is 32.0 Å². The summed E-state index contributed by atoms with van der Waals surface area (Å²) in [4.78, 5) is 15.6. The fraction of sp³-hybridized carbons (Fsp3) is 0.353. The number of rotatable bonds is 7. The summed E-state index contributed by atoms with van der Waals surface area (Å²) in [7, 11) is 0.